The van der Waals surface area contributed by atoms with Gasteiger partial charge in [-0.25, -0.2) is 0 Å². The van der Waals surface area contributed by atoms with E-state index in [9.17, 15) is 0 Å². The molecule has 0 amide bonds. The van der Waals surface area contributed by atoms with Gasteiger partial charge in [0.15, 0.2) is 0 Å². The zero-order chi connectivity index (χ0) is 14.1. The van der Waals surface area contributed by atoms with Crippen molar-refractivity contribution >= 4 is 25.0 Å². The zero-order valence-corrected chi connectivity index (χ0v) is 13.9. The van der Waals surface area contributed by atoms with Crippen LogP contribution in [0.5, 0.6) is 0 Å². The lowest BCUT2D eigenvalue weighted by Gasteiger charge is -2.29. The van der Waals surface area contributed by atoms with Gasteiger partial charge in [0.05, 0.1) is 4.99 Å². The Hall–Kier alpha value is -0.780. The fraction of sp³-hybridized carbons (Fsp3) is 0.368. The molecular weight excluding hydrogens is 291 g/mol. The molecule has 2 fully saturated rings. The molecule has 4 atom stereocenters. The zero-order valence-electron chi connectivity index (χ0n) is 12.2. The first kappa shape index (κ1) is 13.9. The highest BCUT2D eigenvalue weighted by Gasteiger charge is 2.45. The molecule has 0 spiro atoms. The fourth-order valence-corrected chi connectivity index (χ4v) is 10.4. The van der Waals surface area contributed by atoms with E-state index in [1.807, 2.05) is 0 Å². The van der Waals surface area contributed by atoms with Crippen molar-refractivity contribution in [3.05, 3.63) is 66.2 Å². The number of benzene rings is 2. The quantitative estimate of drug-likeness (QED) is 0.655. The summed E-state index contributed by atoms with van der Waals surface area (Å²) in [5.41, 5.74) is 2.48. The maximum absolute atomic E-state index is 2.37. The molecule has 1 heterocycles. The Morgan fingerprint density at radius 3 is 2.24 bits per heavy atom. The van der Waals surface area contributed by atoms with Gasteiger partial charge in [-0.3, -0.25) is 0 Å². The largest absolute Gasteiger partial charge is 0.145 e. The van der Waals surface area contributed by atoms with E-state index in [4.69, 9.17) is 0 Å². The molecule has 4 rings (SSSR count). The van der Waals surface area contributed by atoms with Crippen molar-refractivity contribution in [1.29, 1.82) is 0 Å². The summed E-state index contributed by atoms with van der Waals surface area (Å²) in [6.07, 6.45) is 5.76. The third-order valence-corrected chi connectivity index (χ3v) is 10.4. The van der Waals surface area contributed by atoms with Crippen molar-refractivity contribution in [2.24, 2.45) is 0 Å². The van der Waals surface area contributed by atoms with Crippen LogP contribution in [-0.4, -0.2) is 10.9 Å². The van der Waals surface area contributed by atoms with Gasteiger partial charge in [-0.15, -0.1) is 11.8 Å². The van der Waals surface area contributed by atoms with E-state index in [0.29, 0.717) is 4.99 Å². The third-order valence-electron chi connectivity index (χ3n) is 4.72. The van der Waals surface area contributed by atoms with E-state index in [1.54, 1.807) is 10.9 Å². The molecule has 0 aromatic heterocycles. The van der Waals surface area contributed by atoms with Crippen LogP contribution in [0.25, 0.3) is 0 Å². The number of hydrogen-bond donors (Lipinski definition) is 0. The van der Waals surface area contributed by atoms with Gasteiger partial charge < -0.3 is 0 Å². The summed E-state index contributed by atoms with van der Waals surface area (Å²) in [6.45, 7) is 0. The van der Waals surface area contributed by atoms with E-state index in [-0.39, 0.29) is 7.92 Å². The van der Waals surface area contributed by atoms with Crippen LogP contribution in [0.3, 0.4) is 0 Å². The average Bonchev–Trinajstić information content (AvgIpc) is 2.96. The molecule has 1 saturated heterocycles. The molecule has 1 saturated carbocycles. The third kappa shape index (κ3) is 2.67. The number of hydrogen-bond acceptors (Lipinski definition) is 1. The highest BCUT2D eigenvalue weighted by molar-refractivity contribution is 8.09. The first-order valence-corrected chi connectivity index (χ1v) is 10.4. The number of fused-ring (bicyclic) bond motifs is 1. The topological polar surface area (TPSA) is 0 Å². The standard InChI is InChI=1S/C19H21PS/c1-3-9-15(10-4-1)19-20(16-11-5-2-6-12-16)17-13-7-8-14-18(17)21-19/h1-6,9-12,17-19H,7-8,13-14H2/t17?,18?,19-,20+/m1/s1. The minimum Gasteiger partial charge on any atom is -0.145 e. The second kappa shape index (κ2) is 6.15. The van der Waals surface area contributed by atoms with Gasteiger partial charge in [0, 0.05) is 5.25 Å². The molecule has 0 N–H and O–H groups in total. The molecule has 2 aromatic rings. The minimum atomic E-state index is -0.0744. The van der Waals surface area contributed by atoms with E-state index < -0.39 is 0 Å². The molecule has 108 valence electrons. The van der Waals surface area contributed by atoms with Crippen molar-refractivity contribution in [3.63, 3.8) is 0 Å². The predicted octanol–water partition coefficient (Wildman–Crippen LogP) is 5.55. The average molecular weight is 312 g/mol. The van der Waals surface area contributed by atoms with Gasteiger partial charge in [0.1, 0.15) is 0 Å². The van der Waals surface area contributed by atoms with E-state index >= 15 is 0 Å². The molecule has 2 aliphatic rings. The lowest BCUT2D eigenvalue weighted by molar-refractivity contribution is 0.528. The summed E-state index contributed by atoms with van der Waals surface area (Å²) in [7, 11) is -0.0744. The summed E-state index contributed by atoms with van der Waals surface area (Å²) in [5, 5.41) is 2.51. The molecule has 1 aliphatic heterocycles. The Morgan fingerprint density at radius 2 is 1.48 bits per heavy atom. The van der Waals surface area contributed by atoms with Crippen molar-refractivity contribution in [2.45, 2.75) is 41.6 Å². The molecule has 0 radical (unpaired) electrons. The van der Waals surface area contributed by atoms with Crippen molar-refractivity contribution in [2.75, 3.05) is 0 Å². The Bertz CT molecular complexity index is 583. The molecule has 21 heavy (non-hydrogen) atoms. The van der Waals surface area contributed by atoms with Gasteiger partial charge >= 0.3 is 0 Å². The lowest BCUT2D eigenvalue weighted by atomic mass is 10.00. The van der Waals surface area contributed by atoms with Crippen molar-refractivity contribution in [3.8, 4) is 0 Å². The molecule has 2 aromatic carbocycles. The Morgan fingerprint density at radius 1 is 0.810 bits per heavy atom. The highest BCUT2D eigenvalue weighted by Crippen LogP contribution is 2.71. The molecule has 0 nitrogen and oxygen atoms in total. The fourth-order valence-electron chi connectivity index (χ4n) is 3.74. The van der Waals surface area contributed by atoms with Gasteiger partial charge in [-0.1, -0.05) is 81.4 Å². The van der Waals surface area contributed by atoms with E-state index in [1.165, 1.54) is 25.7 Å². The second-order valence-corrected chi connectivity index (χ2v) is 10.2. The minimum absolute atomic E-state index is 0.0744. The normalized spacial score (nSPS) is 31.8. The van der Waals surface area contributed by atoms with Crippen LogP contribution in [0.15, 0.2) is 60.7 Å². The number of rotatable bonds is 2. The lowest BCUT2D eigenvalue weighted by Crippen LogP contribution is -2.23. The SMILES string of the molecule is c1ccc([C@H]2SC3CCCCC3[P@]2c2ccccc2)cc1. The van der Waals surface area contributed by atoms with Crippen LogP contribution in [-0.2, 0) is 0 Å². The van der Waals surface area contributed by atoms with Gasteiger partial charge in [0.2, 0.25) is 0 Å². The predicted molar refractivity (Wildman–Crippen MR) is 95.8 cm³/mol. The second-order valence-electron chi connectivity index (χ2n) is 6.03. The van der Waals surface area contributed by atoms with Gasteiger partial charge in [-0.2, -0.15) is 0 Å². The van der Waals surface area contributed by atoms with Crippen LogP contribution < -0.4 is 5.30 Å². The molecular formula is C19H21PS. The maximum atomic E-state index is 2.37. The molecule has 2 heteroatoms. The summed E-state index contributed by atoms with van der Waals surface area (Å²) in [6, 6.07) is 22.6. The van der Waals surface area contributed by atoms with Gasteiger partial charge in [0.25, 0.3) is 0 Å². The summed E-state index contributed by atoms with van der Waals surface area (Å²) >= 11 is 2.28. The van der Waals surface area contributed by atoms with Crippen molar-refractivity contribution < 1.29 is 0 Å². The van der Waals surface area contributed by atoms with E-state index in [2.05, 4.69) is 72.4 Å². The van der Waals surface area contributed by atoms with E-state index in [0.717, 1.165) is 10.9 Å². The van der Waals surface area contributed by atoms with Crippen LogP contribution in [0.4, 0.5) is 0 Å². The Labute approximate surface area is 133 Å². The summed E-state index contributed by atoms with van der Waals surface area (Å²) in [4.78, 5) is 0.705. The summed E-state index contributed by atoms with van der Waals surface area (Å²) in [5.74, 6) is 0. The Balaban J connectivity index is 1.74. The van der Waals surface area contributed by atoms with Crippen LogP contribution in [0.1, 0.15) is 36.2 Å². The van der Waals surface area contributed by atoms with Gasteiger partial charge in [-0.05, 0) is 29.4 Å². The number of thioether (sulfide) groups is 1. The first-order chi connectivity index (χ1) is 10.4. The molecule has 0 bridgehead atoms. The van der Waals surface area contributed by atoms with Crippen LogP contribution in [0.2, 0.25) is 0 Å². The van der Waals surface area contributed by atoms with Crippen molar-refractivity contribution in [1.82, 2.24) is 0 Å². The highest BCUT2D eigenvalue weighted by atomic mass is 32.2. The Kier molecular flexibility index (Phi) is 4.05. The summed E-state index contributed by atoms with van der Waals surface area (Å²) < 4.78 is 0. The molecule has 1 aliphatic carbocycles. The monoisotopic (exact) mass is 312 g/mol. The molecule has 2 unspecified atom stereocenters. The van der Waals surface area contributed by atoms with Crippen LogP contribution >= 0.6 is 19.7 Å². The maximum Gasteiger partial charge on any atom is 0.0542 e. The smallest absolute Gasteiger partial charge is 0.0542 e. The first-order valence-electron chi connectivity index (χ1n) is 7.97. The van der Waals surface area contributed by atoms with Crippen LogP contribution in [0, 0.1) is 0 Å².